The Morgan fingerprint density at radius 1 is 1.10 bits per heavy atom. The van der Waals surface area contributed by atoms with Crippen molar-refractivity contribution in [1.82, 2.24) is 35.3 Å². The van der Waals surface area contributed by atoms with Crippen LogP contribution in [-0.4, -0.2) is 63.0 Å². The minimum atomic E-state index is -0.332. The quantitative estimate of drug-likeness (QED) is 0.663. The van der Waals surface area contributed by atoms with E-state index < -0.39 is 0 Å². The summed E-state index contributed by atoms with van der Waals surface area (Å²) in [5.74, 6) is 1.40. The van der Waals surface area contributed by atoms with Crippen LogP contribution in [0.15, 0.2) is 36.5 Å². The molecular formula is C19H23N9O. The maximum absolute atomic E-state index is 12.5. The van der Waals surface area contributed by atoms with Gasteiger partial charge in [0.25, 0.3) is 5.91 Å². The monoisotopic (exact) mass is 393 g/mol. The van der Waals surface area contributed by atoms with Crippen molar-refractivity contribution in [2.24, 2.45) is 0 Å². The number of para-hydroxylation sites is 1. The molecule has 0 spiro atoms. The van der Waals surface area contributed by atoms with Gasteiger partial charge in [-0.05, 0) is 25.0 Å². The van der Waals surface area contributed by atoms with Crippen LogP contribution in [0.1, 0.15) is 29.2 Å². The van der Waals surface area contributed by atoms with Gasteiger partial charge in [0, 0.05) is 27.2 Å². The molecule has 0 radical (unpaired) electrons. The first-order valence-electron chi connectivity index (χ1n) is 9.53. The zero-order chi connectivity index (χ0) is 20.2. The normalized spacial score (nSPS) is 13.5. The number of rotatable bonds is 6. The number of hydrogen-bond acceptors (Lipinski definition) is 8. The van der Waals surface area contributed by atoms with Crippen molar-refractivity contribution in [1.29, 1.82) is 0 Å². The average molecular weight is 393 g/mol. The second kappa shape index (κ2) is 8.21. The lowest BCUT2D eigenvalue weighted by Gasteiger charge is -2.18. The first-order chi connectivity index (χ1) is 14.1. The summed E-state index contributed by atoms with van der Waals surface area (Å²) >= 11 is 0. The lowest BCUT2D eigenvalue weighted by molar-refractivity contribution is 0.0944. The molecule has 0 atom stereocenters. The maximum Gasteiger partial charge on any atom is 0.273 e. The molecule has 0 bridgehead atoms. The molecule has 2 aromatic heterocycles. The van der Waals surface area contributed by atoms with Gasteiger partial charge in [0.15, 0.2) is 11.5 Å². The average Bonchev–Trinajstić information content (AvgIpc) is 3.45. The van der Waals surface area contributed by atoms with Gasteiger partial charge < -0.3 is 15.1 Å². The van der Waals surface area contributed by atoms with E-state index >= 15 is 0 Å². The molecule has 3 aromatic rings. The second-order valence-corrected chi connectivity index (χ2v) is 6.98. The highest BCUT2D eigenvalue weighted by atomic mass is 16.2. The number of aromatic nitrogens is 6. The molecule has 0 aliphatic carbocycles. The molecule has 10 heteroatoms. The van der Waals surface area contributed by atoms with Gasteiger partial charge in [-0.2, -0.15) is 24.8 Å². The first-order valence-corrected chi connectivity index (χ1v) is 9.53. The van der Waals surface area contributed by atoms with E-state index in [1.807, 2.05) is 49.3 Å². The Bertz CT molecular complexity index is 980. The van der Waals surface area contributed by atoms with Gasteiger partial charge in [-0.1, -0.05) is 18.2 Å². The highest BCUT2D eigenvalue weighted by molar-refractivity contribution is 5.91. The maximum atomic E-state index is 12.5. The van der Waals surface area contributed by atoms with Crippen LogP contribution in [0.2, 0.25) is 0 Å². The summed E-state index contributed by atoms with van der Waals surface area (Å²) in [6.45, 7) is 2.05. The number of carbonyl (C=O) groups excluding carboxylic acids is 1. The van der Waals surface area contributed by atoms with Crippen LogP contribution in [0.5, 0.6) is 0 Å². The predicted molar refractivity (Wildman–Crippen MR) is 108 cm³/mol. The largest absolute Gasteiger partial charge is 0.347 e. The fraction of sp³-hybridized carbons (Fsp3) is 0.368. The van der Waals surface area contributed by atoms with Gasteiger partial charge in [0.05, 0.1) is 18.4 Å². The van der Waals surface area contributed by atoms with Crippen molar-refractivity contribution >= 4 is 17.8 Å². The molecule has 1 aromatic carbocycles. The standard InChI is InChI=1S/C19H23N9O/c1-26(2)18-22-16(23-19(24-18)27-10-6-7-11-27)13-20-17(29)15-12-21-28(25-15)14-8-4-3-5-9-14/h3-5,8-9,12H,6-7,10-11,13H2,1-2H3,(H,20,29). The molecule has 4 rings (SSSR count). The van der Waals surface area contributed by atoms with Crippen LogP contribution in [-0.2, 0) is 6.54 Å². The molecule has 1 aliphatic rings. The van der Waals surface area contributed by atoms with E-state index in [4.69, 9.17) is 0 Å². The van der Waals surface area contributed by atoms with E-state index in [0.717, 1.165) is 31.6 Å². The lowest BCUT2D eigenvalue weighted by atomic mass is 10.3. The van der Waals surface area contributed by atoms with Gasteiger partial charge in [-0.15, -0.1) is 5.10 Å². The molecule has 29 heavy (non-hydrogen) atoms. The van der Waals surface area contributed by atoms with Crippen LogP contribution < -0.4 is 15.1 Å². The number of nitrogens with zero attached hydrogens (tertiary/aromatic N) is 8. The fourth-order valence-corrected chi connectivity index (χ4v) is 3.04. The Kier molecular flexibility index (Phi) is 5.32. The van der Waals surface area contributed by atoms with E-state index in [2.05, 4.69) is 35.4 Å². The topological polar surface area (TPSA) is 105 Å². The number of benzene rings is 1. The Hall–Kier alpha value is -3.56. The molecule has 0 saturated carbocycles. The Labute approximate surface area is 168 Å². The third-order valence-electron chi connectivity index (χ3n) is 4.57. The second-order valence-electron chi connectivity index (χ2n) is 6.98. The Balaban J connectivity index is 1.47. The van der Waals surface area contributed by atoms with E-state index in [1.165, 1.54) is 11.0 Å². The van der Waals surface area contributed by atoms with Crippen LogP contribution in [0.3, 0.4) is 0 Å². The van der Waals surface area contributed by atoms with E-state index in [-0.39, 0.29) is 18.1 Å². The van der Waals surface area contributed by atoms with Crippen molar-refractivity contribution in [3.05, 3.63) is 48.0 Å². The molecule has 1 saturated heterocycles. The summed E-state index contributed by atoms with van der Waals surface area (Å²) < 4.78 is 0. The fourth-order valence-electron chi connectivity index (χ4n) is 3.04. The SMILES string of the molecule is CN(C)c1nc(CNC(=O)c2cnn(-c3ccccc3)n2)nc(N2CCCC2)n1. The van der Waals surface area contributed by atoms with Crippen molar-refractivity contribution < 1.29 is 4.79 Å². The Morgan fingerprint density at radius 2 is 1.86 bits per heavy atom. The molecule has 1 fully saturated rings. The number of anilines is 2. The molecule has 1 N–H and O–H groups in total. The number of nitrogens with one attached hydrogen (secondary N) is 1. The summed E-state index contributed by atoms with van der Waals surface area (Å²) in [6.07, 6.45) is 3.70. The highest BCUT2D eigenvalue weighted by Gasteiger charge is 2.19. The third-order valence-corrected chi connectivity index (χ3v) is 4.57. The van der Waals surface area contributed by atoms with Crippen molar-refractivity contribution in [2.45, 2.75) is 19.4 Å². The molecule has 3 heterocycles. The van der Waals surface area contributed by atoms with Gasteiger partial charge in [-0.25, -0.2) is 0 Å². The van der Waals surface area contributed by atoms with Crippen LogP contribution in [0, 0.1) is 0 Å². The molecule has 10 nitrogen and oxygen atoms in total. The van der Waals surface area contributed by atoms with E-state index in [0.29, 0.717) is 17.7 Å². The van der Waals surface area contributed by atoms with Crippen molar-refractivity contribution in [2.75, 3.05) is 37.0 Å². The van der Waals surface area contributed by atoms with Crippen molar-refractivity contribution in [3.63, 3.8) is 0 Å². The minimum absolute atomic E-state index is 0.182. The van der Waals surface area contributed by atoms with Crippen LogP contribution in [0.25, 0.3) is 5.69 Å². The highest BCUT2D eigenvalue weighted by Crippen LogP contribution is 2.18. The Morgan fingerprint density at radius 3 is 2.59 bits per heavy atom. The molecule has 150 valence electrons. The predicted octanol–water partition coefficient (Wildman–Crippen LogP) is 1.05. The molecule has 1 aliphatic heterocycles. The molecular weight excluding hydrogens is 370 g/mol. The van der Waals surface area contributed by atoms with Crippen molar-refractivity contribution in [3.8, 4) is 5.69 Å². The molecule has 0 unspecified atom stereocenters. The summed E-state index contributed by atoms with van der Waals surface area (Å²) in [5.41, 5.74) is 1.02. The van der Waals surface area contributed by atoms with Crippen LogP contribution >= 0.6 is 0 Å². The summed E-state index contributed by atoms with van der Waals surface area (Å²) in [7, 11) is 3.76. The zero-order valence-electron chi connectivity index (χ0n) is 16.5. The van der Waals surface area contributed by atoms with Gasteiger partial charge in [-0.3, -0.25) is 4.79 Å². The lowest BCUT2D eigenvalue weighted by Crippen LogP contribution is -2.28. The smallest absolute Gasteiger partial charge is 0.273 e. The first kappa shape index (κ1) is 18.8. The number of hydrogen-bond donors (Lipinski definition) is 1. The van der Waals surface area contributed by atoms with E-state index in [9.17, 15) is 4.79 Å². The van der Waals surface area contributed by atoms with Gasteiger partial charge in [0.2, 0.25) is 11.9 Å². The minimum Gasteiger partial charge on any atom is -0.347 e. The van der Waals surface area contributed by atoms with Gasteiger partial charge >= 0.3 is 0 Å². The van der Waals surface area contributed by atoms with Crippen LogP contribution in [0.4, 0.5) is 11.9 Å². The number of carbonyl (C=O) groups is 1. The summed E-state index contributed by atoms with van der Waals surface area (Å²) in [6, 6.07) is 9.43. The summed E-state index contributed by atoms with van der Waals surface area (Å²) in [4.78, 5) is 31.4. The third kappa shape index (κ3) is 4.31. The number of amides is 1. The summed E-state index contributed by atoms with van der Waals surface area (Å²) in [5, 5.41) is 11.2. The zero-order valence-corrected chi connectivity index (χ0v) is 16.5. The van der Waals surface area contributed by atoms with Gasteiger partial charge in [0.1, 0.15) is 0 Å². The molecule has 1 amide bonds. The van der Waals surface area contributed by atoms with E-state index in [1.54, 1.807) is 0 Å².